The van der Waals surface area contributed by atoms with Crippen LogP contribution in [0.2, 0.25) is 0 Å². The van der Waals surface area contributed by atoms with Crippen molar-refractivity contribution in [1.29, 1.82) is 0 Å². The Balaban J connectivity index is 2.21. The molecule has 2 fully saturated rings. The summed E-state index contributed by atoms with van der Waals surface area (Å²) < 4.78 is 0. The molecule has 9 heavy (non-hydrogen) atoms. The fourth-order valence-electron chi connectivity index (χ4n) is 2.43. The van der Waals surface area contributed by atoms with Crippen molar-refractivity contribution >= 4 is 5.78 Å². The molecule has 50 valence electrons. The van der Waals surface area contributed by atoms with E-state index in [0.29, 0.717) is 17.6 Å². The van der Waals surface area contributed by atoms with Gasteiger partial charge in [0.05, 0.1) is 0 Å². The van der Waals surface area contributed by atoms with Gasteiger partial charge in [-0.2, -0.15) is 0 Å². The highest BCUT2D eigenvalue weighted by molar-refractivity contribution is 5.84. The number of carbonyl (C=O) groups is 1. The minimum atomic E-state index is 0.468. The second-order valence-corrected chi connectivity index (χ2v) is 3.59. The van der Waals surface area contributed by atoms with Gasteiger partial charge >= 0.3 is 0 Å². The molecule has 0 spiro atoms. The molecule has 0 saturated heterocycles. The highest BCUT2D eigenvalue weighted by Gasteiger charge is 2.42. The molecule has 1 nitrogen and oxygen atoms in total. The maximum absolute atomic E-state index is 11.0. The predicted molar refractivity (Wildman–Crippen MR) is 35.0 cm³/mol. The fraction of sp³-hybridized carbons (Fsp3) is 0.875. The maximum atomic E-state index is 11.0. The molecule has 2 aliphatic carbocycles. The summed E-state index contributed by atoms with van der Waals surface area (Å²) in [5.41, 5.74) is 0. The summed E-state index contributed by atoms with van der Waals surface area (Å²) in [4.78, 5) is 11.0. The summed E-state index contributed by atoms with van der Waals surface area (Å²) in [7, 11) is 0. The van der Waals surface area contributed by atoms with Gasteiger partial charge in [-0.05, 0) is 24.7 Å². The van der Waals surface area contributed by atoms with Crippen molar-refractivity contribution in [2.24, 2.45) is 17.8 Å². The van der Waals surface area contributed by atoms with Crippen molar-refractivity contribution in [3.63, 3.8) is 0 Å². The third-order valence-electron chi connectivity index (χ3n) is 2.88. The maximum Gasteiger partial charge on any atom is 0.136 e. The SMILES string of the molecule is C[C@@H]1C[C@H]2CC(=O)[C@H]1C2. The molecule has 0 N–H and O–H groups in total. The number of carbonyl (C=O) groups excluding carboxylic acids is 1. The van der Waals surface area contributed by atoms with Crippen LogP contribution in [0.3, 0.4) is 0 Å². The van der Waals surface area contributed by atoms with Gasteiger partial charge in [0.25, 0.3) is 0 Å². The van der Waals surface area contributed by atoms with Crippen molar-refractivity contribution in [2.75, 3.05) is 0 Å². The number of ketones is 1. The molecule has 2 saturated carbocycles. The van der Waals surface area contributed by atoms with Crippen molar-refractivity contribution in [3.8, 4) is 0 Å². The number of fused-ring (bicyclic) bond motifs is 2. The van der Waals surface area contributed by atoms with E-state index in [9.17, 15) is 4.79 Å². The van der Waals surface area contributed by atoms with Crippen LogP contribution in [-0.4, -0.2) is 5.78 Å². The molecule has 2 aliphatic rings. The van der Waals surface area contributed by atoms with E-state index in [4.69, 9.17) is 0 Å². The Morgan fingerprint density at radius 2 is 2.22 bits per heavy atom. The topological polar surface area (TPSA) is 17.1 Å². The second-order valence-electron chi connectivity index (χ2n) is 3.59. The van der Waals surface area contributed by atoms with Gasteiger partial charge < -0.3 is 0 Å². The van der Waals surface area contributed by atoms with Gasteiger partial charge in [-0.3, -0.25) is 4.79 Å². The zero-order chi connectivity index (χ0) is 6.43. The molecule has 0 aromatic heterocycles. The van der Waals surface area contributed by atoms with Gasteiger partial charge in [0, 0.05) is 12.3 Å². The summed E-state index contributed by atoms with van der Waals surface area (Å²) in [6, 6.07) is 0. The molecular weight excluding hydrogens is 112 g/mol. The molecule has 2 rings (SSSR count). The number of hydrogen-bond donors (Lipinski definition) is 0. The van der Waals surface area contributed by atoms with Crippen molar-refractivity contribution in [3.05, 3.63) is 0 Å². The number of Topliss-reactive ketones (excluding diaryl/α,β-unsaturated/α-hetero) is 1. The minimum absolute atomic E-state index is 0.468. The van der Waals surface area contributed by atoms with E-state index in [0.717, 1.165) is 12.3 Å². The molecule has 0 aromatic carbocycles. The Hall–Kier alpha value is -0.330. The Labute approximate surface area is 55.4 Å². The molecule has 3 atom stereocenters. The van der Waals surface area contributed by atoms with Crippen LogP contribution >= 0.6 is 0 Å². The number of hydrogen-bond acceptors (Lipinski definition) is 1. The van der Waals surface area contributed by atoms with Crippen molar-refractivity contribution in [2.45, 2.75) is 26.2 Å². The first-order valence-electron chi connectivity index (χ1n) is 3.80. The normalized spacial score (nSPS) is 48.6. The van der Waals surface area contributed by atoms with Gasteiger partial charge in [0.15, 0.2) is 0 Å². The van der Waals surface area contributed by atoms with E-state index in [-0.39, 0.29) is 0 Å². The van der Waals surface area contributed by atoms with Crippen LogP contribution in [0, 0.1) is 17.8 Å². The molecule has 2 bridgehead atoms. The molecular formula is C8H12O. The van der Waals surface area contributed by atoms with Gasteiger partial charge in [0.2, 0.25) is 0 Å². The van der Waals surface area contributed by atoms with Crippen LogP contribution in [0.4, 0.5) is 0 Å². The second kappa shape index (κ2) is 1.59. The molecule has 0 radical (unpaired) electrons. The minimum Gasteiger partial charge on any atom is -0.299 e. The first kappa shape index (κ1) is 5.45. The Bertz CT molecular complexity index is 151. The van der Waals surface area contributed by atoms with Crippen LogP contribution in [-0.2, 0) is 4.79 Å². The largest absolute Gasteiger partial charge is 0.299 e. The quantitative estimate of drug-likeness (QED) is 0.479. The van der Waals surface area contributed by atoms with Crippen molar-refractivity contribution < 1.29 is 4.79 Å². The lowest BCUT2D eigenvalue weighted by molar-refractivity contribution is -0.123. The van der Waals surface area contributed by atoms with Gasteiger partial charge in [0.1, 0.15) is 5.78 Å². The zero-order valence-corrected chi connectivity index (χ0v) is 5.76. The van der Waals surface area contributed by atoms with Crippen LogP contribution in [0.1, 0.15) is 26.2 Å². The standard InChI is InChI=1S/C8H12O/c1-5-2-6-3-7(5)8(9)4-6/h5-7H,2-4H2,1H3/t5-,6-,7+/m1/s1. The molecule has 0 aliphatic heterocycles. The van der Waals surface area contributed by atoms with Gasteiger partial charge in [-0.1, -0.05) is 6.92 Å². The fourth-order valence-corrected chi connectivity index (χ4v) is 2.43. The summed E-state index contributed by atoms with van der Waals surface area (Å²) in [6.45, 7) is 2.21. The van der Waals surface area contributed by atoms with E-state index >= 15 is 0 Å². The summed E-state index contributed by atoms with van der Waals surface area (Å²) in [5, 5.41) is 0. The zero-order valence-electron chi connectivity index (χ0n) is 5.76. The average molecular weight is 124 g/mol. The van der Waals surface area contributed by atoms with Crippen LogP contribution < -0.4 is 0 Å². The lowest BCUT2D eigenvalue weighted by atomic mass is 9.90. The third kappa shape index (κ3) is 0.637. The lowest BCUT2D eigenvalue weighted by Crippen LogP contribution is -2.16. The highest BCUT2D eigenvalue weighted by Crippen LogP contribution is 2.45. The molecule has 0 unspecified atom stereocenters. The van der Waals surface area contributed by atoms with Crippen LogP contribution in [0.15, 0.2) is 0 Å². The predicted octanol–water partition coefficient (Wildman–Crippen LogP) is 1.62. The summed E-state index contributed by atoms with van der Waals surface area (Å²) >= 11 is 0. The molecule has 0 aromatic rings. The third-order valence-corrected chi connectivity index (χ3v) is 2.88. The smallest absolute Gasteiger partial charge is 0.136 e. The Kier molecular flexibility index (Phi) is 0.961. The first-order chi connectivity index (χ1) is 4.27. The van der Waals surface area contributed by atoms with Crippen LogP contribution in [0.5, 0.6) is 0 Å². The monoisotopic (exact) mass is 124 g/mol. The van der Waals surface area contributed by atoms with E-state index in [1.54, 1.807) is 0 Å². The Morgan fingerprint density at radius 3 is 2.56 bits per heavy atom. The lowest BCUT2D eigenvalue weighted by Gasteiger charge is -2.14. The summed E-state index contributed by atoms with van der Waals surface area (Å²) in [5.74, 6) is 2.49. The van der Waals surface area contributed by atoms with Crippen LogP contribution in [0.25, 0.3) is 0 Å². The highest BCUT2D eigenvalue weighted by atomic mass is 16.1. The first-order valence-corrected chi connectivity index (χ1v) is 3.80. The molecule has 0 heterocycles. The molecule has 1 heteroatoms. The van der Waals surface area contributed by atoms with Gasteiger partial charge in [-0.15, -0.1) is 0 Å². The van der Waals surface area contributed by atoms with E-state index in [1.165, 1.54) is 12.8 Å². The summed E-state index contributed by atoms with van der Waals surface area (Å²) in [6.07, 6.45) is 3.42. The number of rotatable bonds is 0. The van der Waals surface area contributed by atoms with E-state index < -0.39 is 0 Å². The van der Waals surface area contributed by atoms with E-state index in [2.05, 4.69) is 6.92 Å². The Morgan fingerprint density at radius 1 is 1.44 bits per heavy atom. The average Bonchev–Trinajstić information content (AvgIpc) is 2.22. The molecule has 0 amide bonds. The van der Waals surface area contributed by atoms with E-state index in [1.807, 2.05) is 0 Å². The van der Waals surface area contributed by atoms with Crippen molar-refractivity contribution in [1.82, 2.24) is 0 Å². The van der Waals surface area contributed by atoms with Gasteiger partial charge in [-0.25, -0.2) is 0 Å².